The molecule has 0 spiro atoms. The monoisotopic (exact) mass is 269 g/mol. The Morgan fingerprint density at radius 3 is 2.83 bits per heavy atom. The SMILES string of the molecule is C=CC(C)(CNCCC)Cc1cccc(F)c1Cl. The first-order valence-electron chi connectivity index (χ1n) is 6.29. The molecule has 1 aromatic carbocycles. The van der Waals surface area contributed by atoms with Gasteiger partial charge in [-0.15, -0.1) is 6.58 Å². The zero-order chi connectivity index (χ0) is 13.6. The highest BCUT2D eigenvalue weighted by molar-refractivity contribution is 6.31. The van der Waals surface area contributed by atoms with Gasteiger partial charge in [-0.05, 0) is 31.0 Å². The van der Waals surface area contributed by atoms with Crippen molar-refractivity contribution in [2.75, 3.05) is 13.1 Å². The second-order valence-electron chi connectivity index (χ2n) is 4.92. The van der Waals surface area contributed by atoms with Crippen molar-refractivity contribution in [3.63, 3.8) is 0 Å². The maximum atomic E-state index is 13.4. The van der Waals surface area contributed by atoms with E-state index in [1.807, 2.05) is 12.1 Å². The maximum absolute atomic E-state index is 13.4. The van der Waals surface area contributed by atoms with Gasteiger partial charge in [-0.1, -0.05) is 43.7 Å². The lowest BCUT2D eigenvalue weighted by Crippen LogP contribution is -2.32. The summed E-state index contributed by atoms with van der Waals surface area (Å²) in [5, 5.41) is 3.60. The summed E-state index contributed by atoms with van der Waals surface area (Å²) in [5.41, 5.74) is 0.712. The number of rotatable bonds is 7. The van der Waals surface area contributed by atoms with Crippen molar-refractivity contribution in [3.8, 4) is 0 Å². The number of nitrogens with one attached hydrogen (secondary N) is 1. The molecule has 0 bridgehead atoms. The number of halogens is 2. The maximum Gasteiger partial charge on any atom is 0.142 e. The van der Waals surface area contributed by atoms with Crippen molar-refractivity contribution < 1.29 is 4.39 Å². The van der Waals surface area contributed by atoms with E-state index < -0.39 is 0 Å². The van der Waals surface area contributed by atoms with Gasteiger partial charge in [0.1, 0.15) is 5.82 Å². The molecule has 1 rings (SSSR count). The highest BCUT2D eigenvalue weighted by Crippen LogP contribution is 2.28. The van der Waals surface area contributed by atoms with Crippen LogP contribution in [-0.2, 0) is 6.42 Å². The van der Waals surface area contributed by atoms with E-state index >= 15 is 0 Å². The number of hydrogen-bond donors (Lipinski definition) is 1. The van der Waals surface area contributed by atoms with Gasteiger partial charge in [0.2, 0.25) is 0 Å². The average molecular weight is 270 g/mol. The Labute approximate surface area is 114 Å². The van der Waals surface area contributed by atoms with Crippen molar-refractivity contribution in [1.82, 2.24) is 5.32 Å². The predicted octanol–water partition coefficient (Wildman–Crippen LogP) is 4.21. The molecule has 1 unspecified atom stereocenters. The van der Waals surface area contributed by atoms with E-state index in [9.17, 15) is 4.39 Å². The van der Waals surface area contributed by atoms with Crippen molar-refractivity contribution in [1.29, 1.82) is 0 Å². The Morgan fingerprint density at radius 2 is 2.22 bits per heavy atom. The van der Waals surface area contributed by atoms with Gasteiger partial charge in [0.15, 0.2) is 0 Å². The van der Waals surface area contributed by atoms with Crippen molar-refractivity contribution in [2.45, 2.75) is 26.7 Å². The van der Waals surface area contributed by atoms with Crippen molar-refractivity contribution >= 4 is 11.6 Å². The zero-order valence-corrected chi connectivity index (χ0v) is 11.9. The lowest BCUT2D eigenvalue weighted by Gasteiger charge is -2.27. The van der Waals surface area contributed by atoms with E-state index in [0.29, 0.717) is 6.42 Å². The molecule has 0 aliphatic carbocycles. The minimum Gasteiger partial charge on any atom is -0.316 e. The molecular weight excluding hydrogens is 249 g/mol. The van der Waals surface area contributed by atoms with E-state index in [4.69, 9.17) is 11.6 Å². The van der Waals surface area contributed by atoms with Gasteiger partial charge in [-0.3, -0.25) is 0 Å². The van der Waals surface area contributed by atoms with Crippen molar-refractivity contribution in [2.24, 2.45) is 5.41 Å². The molecule has 1 nitrogen and oxygen atoms in total. The van der Waals surface area contributed by atoms with Crippen LogP contribution in [0, 0.1) is 11.2 Å². The molecule has 1 N–H and O–H groups in total. The van der Waals surface area contributed by atoms with Crippen LogP contribution in [0.3, 0.4) is 0 Å². The topological polar surface area (TPSA) is 12.0 Å². The summed E-state index contributed by atoms with van der Waals surface area (Å²) in [6, 6.07) is 4.94. The van der Waals surface area contributed by atoms with Gasteiger partial charge < -0.3 is 5.32 Å². The zero-order valence-electron chi connectivity index (χ0n) is 11.1. The molecule has 1 atom stereocenters. The van der Waals surface area contributed by atoms with Crippen molar-refractivity contribution in [3.05, 3.63) is 47.3 Å². The van der Waals surface area contributed by atoms with Crippen LogP contribution in [0.4, 0.5) is 4.39 Å². The predicted molar refractivity (Wildman–Crippen MR) is 76.6 cm³/mol. The molecule has 0 aromatic heterocycles. The van der Waals surface area contributed by atoms with Gasteiger partial charge in [0.05, 0.1) is 5.02 Å². The lowest BCUT2D eigenvalue weighted by atomic mass is 9.83. The molecule has 18 heavy (non-hydrogen) atoms. The Kier molecular flexibility index (Phi) is 5.83. The van der Waals surface area contributed by atoms with Crippen LogP contribution in [0.2, 0.25) is 5.02 Å². The molecular formula is C15H21ClFN. The summed E-state index contributed by atoms with van der Waals surface area (Å²) < 4.78 is 13.4. The van der Waals surface area contributed by atoms with E-state index in [0.717, 1.165) is 25.1 Å². The highest BCUT2D eigenvalue weighted by atomic mass is 35.5. The van der Waals surface area contributed by atoms with Gasteiger partial charge >= 0.3 is 0 Å². The van der Waals surface area contributed by atoms with Gasteiger partial charge in [-0.25, -0.2) is 4.39 Å². The second kappa shape index (κ2) is 6.91. The third kappa shape index (κ3) is 4.11. The fourth-order valence-corrected chi connectivity index (χ4v) is 2.07. The summed E-state index contributed by atoms with van der Waals surface area (Å²) in [5.74, 6) is -0.359. The molecule has 0 saturated carbocycles. The second-order valence-corrected chi connectivity index (χ2v) is 5.30. The van der Waals surface area contributed by atoms with Crippen LogP contribution in [-0.4, -0.2) is 13.1 Å². The van der Waals surface area contributed by atoms with E-state index in [2.05, 4.69) is 25.7 Å². The summed E-state index contributed by atoms with van der Waals surface area (Å²) in [6.45, 7) is 9.90. The minimum atomic E-state index is -0.359. The first-order valence-corrected chi connectivity index (χ1v) is 6.67. The largest absolute Gasteiger partial charge is 0.316 e. The Balaban J connectivity index is 2.78. The molecule has 0 amide bonds. The third-order valence-corrected chi connectivity index (χ3v) is 3.50. The fraction of sp³-hybridized carbons (Fsp3) is 0.467. The Hall–Kier alpha value is -0.860. The summed E-state index contributed by atoms with van der Waals surface area (Å²) >= 11 is 5.99. The first kappa shape index (κ1) is 15.2. The van der Waals surface area contributed by atoms with E-state index in [-0.39, 0.29) is 16.3 Å². The molecule has 0 aliphatic heterocycles. The van der Waals surface area contributed by atoms with Gasteiger partial charge in [0, 0.05) is 12.0 Å². The standard InChI is InChI=1S/C15H21ClFN/c1-4-9-18-11-15(3,5-2)10-12-7-6-8-13(17)14(12)16/h5-8,18H,2,4,9-11H2,1,3H3. The number of benzene rings is 1. The van der Waals surface area contributed by atoms with Crippen LogP contribution in [0.5, 0.6) is 0 Å². The average Bonchev–Trinajstić information content (AvgIpc) is 2.35. The molecule has 100 valence electrons. The van der Waals surface area contributed by atoms with Crippen LogP contribution in [0.15, 0.2) is 30.9 Å². The minimum absolute atomic E-state index is 0.118. The highest BCUT2D eigenvalue weighted by Gasteiger charge is 2.22. The smallest absolute Gasteiger partial charge is 0.142 e. The fourth-order valence-electron chi connectivity index (χ4n) is 1.88. The Morgan fingerprint density at radius 1 is 1.50 bits per heavy atom. The van der Waals surface area contributed by atoms with Crippen LogP contribution < -0.4 is 5.32 Å². The molecule has 0 heterocycles. The Bertz CT molecular complexity index is 405. The number of hydrogen-bond acceptors (Lipinski definition) is 1. The first-order chi connectivity index (χ1) is 8.52. The normalized spacial score (nSPS) is 14.2. The molecule has 3 heteroatoms. The molecule has 0 saturated heterocycles. The van der Waals surface area contributed by atoms with E-state index in [1.165, 1.54) is 6.07 Å². The summed E-state index contributed by atoms with van der Waals surface area (Å²) in [4.78, 5) is 0. The van der Waals surface area contributed by atoms with Gasteiger partial charge in [0.25, 0.3) is 0 Å². The summed E-state index contributed by atoms with van der Waals surface area (Å²) in [6.07, 6.45) is 3.69. The summed E-state index contributed by atoms with van der Waals surface area (Å²) in [7, 11) is 0. The quantitative estimate of drug-likeness (QED) is 0.577. The molecule has 1 aromatic rings. The molecule has 0 fully saturated rings. The molecule has 0 aliphatic rings. The van der Waals surface area contributed by atoms with Crippen LogP contribution in [0.1, 0.15) is 25.8 Å². The van der Waals surface area contributed by atoms with E-state index in [1.54, 1.807) is 6.07 Å². The molecule has 0 radical (unpaired) electrons. The third-order valence-electron chi connectivity index (χ3n) is 3.07. The van der Waals surface area contributed by atoms with Crippen LogP contribution >= 0.6 is 11.6 Å². The van der Waals surface area contributed by atoms with Crippen LogP contribution in [0.25, 0.3) is 0 Å². The lowest BCUT2D eigenvalue weighted by molar-refractivity contribution is 0.391. The van der Waals surface area contributed by atoms with Gasteiger partial charge in [-0.2, -0.15) is 0 Å².